The Labute approximate surface area is 170 Å². The SMILES string of the molecule is Cc1c(OCc2ccccc2F)ccc2c1O/C(=C\c1ccc(Br)cc1)C2=O. The van der Waals surface area contributed by atoms with Gasteiger partial charge >= 0.3 is 0 Å². The van der Waals surface area contributed by atoms with Gasteiger partial charge in [-0.05, 0) is 48.9 Å². The maximum absolute atomic E-state index is 13.8. The molecule has 3 aromatic rings. The molecule has 5 heteroatoms. The minimum absolute atomic E-state index is 0.0990. The Balaban J connectivity index is 1.58. The topological polar surface area (TPSA) is 35.5 Å². The highest BCUT2D eigenvalue weighted by Gasteiger charge is 2.30. The monoisotopic (exact) mass is 438 g/mol. The molecule has 0 aromatic heterocycles. The Hall–Kier alpha value is -2.92. The van der Waals surface area contributed by atoms with Gasteiger partial charge in [-0.1, -0.05) is 46.3 Å². The average molecular weight is 439 g/mol. The summed E-state index contributed by atoms with van der Waals surface area (Å²) in [7, 11) is 0. The van der Waals surface area contributed by atoms with Crippen LogP contribution in [0.2, 0.25) is 0 Å². The van der Waals surface area contributed by atoms with Crippen LogP contribution in [-0.2, 0) is 6.61 Å². The van der Waals surface area contributed by atoms with E-state index in [2.05, 4.69) is 15.9 Å². The summed E-state index contributed by atoms with van der Waals surface area (Å²) in [4.78, 5) is 12.7. The summed E-state index contributed by atoms with van der Waals surface area (Å²) in [5, 5.41) is 0. The van der Waals surface area contributed by atoms with Gasteiger partial charge in [0.2, 0.25) is 5.78 Å². The Morgan fingerprint density at radius 2 is 1.82 bits per heavy atom. The van der Waals surface area contributed by atoms with Crippen LogP contribution < -0.4 is 9.47 Å². The zero-order chi connectivity index (χ0) is 19.7. The van der Waals surface area contributed by atoms with Gasteiger partial charge in [0, 0.05) is 15.6 Å². The van der Waals surface area contributed by atoms with Gasteiger partial charge < -0.3 is 9.47 Å². The quantitative estimate of drug-likeness (QED) is 0.462. The first-order chi connectivity index (χ1) is 13.5. The summed E-state index contributed by atoms with van der Waals surface area (Å²) in [6, 6.07) is 17.5. The van der Waals surface area contributed by atoms with E-state index in [1.54, 1.807) is 36.4 Å². The summed E-state index contributed by atoms with van der Waals surface area (Å²) in [5.41, 5.74) is 2.55. The molecule has 0 saturated carbocycles. The normalized spacial score (nSPS) is 14.1. The molecule has 1 aliphatic heterocycles. The number of fused-ring (bicyclic) bond motifs is 1. The van der Waals surface area contributed by atoms with E-state index in [1.807, 2.05) is 31.2 Å². The fourth-order valence-corrected chi connectivity index (χ4v) is 3.27. The first-order valence-electron chi connectivity index (χ1n) is 8.72. The zero-order valence-electron chi connectivity index (χ0n) is 15.0. The van der Waals surface area contributed by atoms with Crippen molar-refractivity contribution in [3.8, 4) is 11.5 Å². The molecule has 0 bridgehead atoms. The maximum Gasteiger partial charge on any atom is 0.231 e. The fraction of sp³-hybridized carbons (Fsp3) is 0.0870. The van der Waals surface area contributed by atoms with E-state index in [1.165, 1.54) is 6.07 Å². The molecule has 0 amide bonds. The smallest absolute Gasteiger partial charge is 0.231 e. The highest BCUT2D eigenvalue weighted by atomic mass is 79.9. The lowest BCUT2D eigenvalue weighted by Gasteiger charge is -2.12. The lowest BCUT2D eigenvalue weighted by atomic mass is 10.1. The molecule has 28 heavy (non-hydrogen) atoms. The molecule has 0 N–H and O–H groups in total. The van der Waals surface area contributed by atoms with Crippen LogP contribution in [0.1, 0.15) is 27.0 Å². The van der Waals surface area contributed by atoms with Crippen molar-refractivity contribution in [3.63, 3.8) is 0 Å². The number of hydrogen-bond acceptors (Lipinski definition) is 3. The molecular weight excluding hydrogens is 423 g/mol. The molecular formula is C23H16BrFO3. The first kappa shape index (κ1) is 18.4. The van der Waals surface area contributed by atoms with Crippen LogP contribution >= 0.6 is 15.9 Å². The standard InChI is InChI=1S/C23H16BrFO3/c1-14-20(27-13-16-4-2-3-5-19(16)25)11-10-18-22(26)21(28-23(14)18)12-15-6-8-17(24)9-7-15/h2-12H,13H2,1H3/b21-12-. The molecule has 3 aromatic carbocycles. The number of allylic oxidation sites excluding steroid dienone is 1. The van der Waals surface area contributed by atoms with Gasteiger partial charge in [0.15, 0.2) is 5.76 Å². The number of carbonyl (C=O) groups is 1. The van der Waals surface area contributed by atoms with Crippen LogP contribution in [-0.4, -0.2) is 5.78 Å². The third-order valence-electron chi connectivity index (χ3n) is 4.55. The highest BCUT2D eigenvalue weighted by molar-refractivity contribution is 9.10. The number of halogens is 2. The highest BCUT2D eigenvalue weighted by Crippen LogP contribution is 2.39. The van der Waals surface area contributed by atoms with Crippen LogP contribution in [0.5, 0.6) is 11.5 Å². The second kappa shape index (κ2) is 7.60. The van der Waals surface area contributed by atoms with Crippen LogP contribution in [0, 0.1) is 12.7 Å². The molecule has 0 fully saturated rings. The second-order valence-electron chi connectivity index (χ2n) is 6.44. The van der Waals surface area contributed by atoms with Gasteiger partial charge in [-0.2, -0.15) is 0 Å². The summed E-state index contributed by atoms with van der Waals surface area (Å²) >= 11 is 3.39. The fourth-order valence-electron chi connectivity index (χ4n) is 3.01. The van der Waals surface area contributed by atoms with Gasteiger partial charge in [0.25, 0.3) is 0 Å². The van der Waals surface area contributed by atoms with E-state index in [0.717, 1.165) is 10.0 Å². The van der Waals surface area contributed by atoms with E-state index >= 15 is 0 Å². The van der Waals surface area contributed by atoms with Crippen molar-refractivity contribution in [1.29, 1.82) is 0 Å². The molecule has 0 unspecified atom stereocenters. The van der Waals surface area contributed by atoms with Crippen molar-refractivity contribution >= 4 is 27.8 Å². The van der Waals surface area contributed by atoms with E-state index in [9.17, 15) is 9.18 Å². The summed E-state index contributed by atoms with van der Waals surface area (Å²) in [6.07, 6.45) is 1.72. The Morgan fingerprint density at radius 3 is 2.57 bits per heavy atom. The molecule has 0 radical (unpaired) electrons. The summed E-state index contributed by atoms with van der Waals surface area (Å²) in [5.74, 6) is 0.833. The number of Topliss-reactive ketones (excluding diaryl/α,β-unsaturated/α-hetero) is 1. The van der Waals surface area contributed by atoms with Crippen LogP contribution in [0.25, 0.3) is 6.08 Å². The van der Waals surface area contributed by atoms with Gasteiger partial charge in [-0.25, -0.2) is 4.39 Å². The molecule has 0 aliphatic carbocycles. The number of ketones is 1. The van der Waals surface area contributed by atoms with E-state index in [-0.39, 0.29) is 24.0 Å². The molecule has 0 saturated heterocycles. The summed E-state index contributed by atoms with van der Waals surface area (Å²) in [6.45, 7) is 1.92. The number of hydrogen-bond donors (Lipinski definition) is 0. The number of benzene rings is 3. The minimum Gasteiger partial charge on any atom is -0.488 e. The van der Waals surface area contributed by atoms with Crippen molar-refractivity contribution in [2.75, 3.05) is 0 Å². The van der Waals surface area contributed by atoms with Crippen molar-refractivity contribution in [2.45, 2.75) is 13.5 Å². The maximum atomic E-state index is 13.8. The first-order valence-corrected chi connectivity index (χ1v) is 9.52. The van der Waals surface area contributed by atoms with Gasteiger partial charge in [-0.15, -0.1) is 0 Å². The van der Waals surface area contributed by atoms with Crippen LogP contribution in [0.4, 0.5) is 4.39 Å². The van der Waals surface area contributed by atoms with E-state index in [4.69, 9.17) is 9.47 Å². The molecule has 3 nitrogen and oxygen atoms in total. The number of ether oxygens (including phenoxy) is 2. The largest absolute Gasteiger partial charge is 0.488 e. The van der Waals surface area contributed by atoms with Crippen molar-refractivity contribution < 1.29 is 18.7 Å². The number of rotatable bonds is 4. The average Bonchev–Trinajstić information content (AvgIpc) is 3.01. The lowest BCUT2D eigenvalue weighted by molar-refractivity contribution is 0.101. The Morgan fingerprint density at radius 1 is 1.07 bits per heavy atom. The Kier molecular flexibility index (Phi) is 5.01. The van der Waals surface area contributed by atoms with Crippen LogP contribution in [0.3, 0.4) is 0 Å². The van der Waals surface area contributed by atoms with Crippen molar-refractivity contribution in [1.82, 2.24) is 0 Å². The van der Waals surface area contributed by atoms with Gasteiger partial charge in [0.1, 0.15) is 23.9 Å². The van der Waals surface area contributed by atoms with Gasteiger partial charge in [-0.3, -0.25) is 4.79 Å². The Bertz CT molecular complexity index is 1090. The lowest BCUT2D eigenvalue weighted by Crippen LogP contribution is -2.00. The zero-order valence-corrected chi connectivity index (χ0v) is 16.6. The molecule has 0 spiro atoms. The molecule has 4 rings (SSSR count). The predicted molar refractivity (Wildman–Crippen MR) is 109 cm³/mol. The molecule has 1 heterocycles. The predicted octanol–water partition coefficient (Wildman–Crippen LogP) is 6.09. The van der Waals surface area contributed by atoms with Crippen molar-refractivity contribution in [3.05, 3.63) is 99.0 Å². The van der Waals surface area contributed by atoms with Gasteiger partial charge in [0.05, 0.1) is 5.56 Å². The third kappa shape index (κ3) is 3.58. The summed E-state index contributed by atoms with van der Waals surface area (Å²) < 4.78 is 26.4. The van der Waals surface area contributed by atoms with Crippen molar-refractivity contribution in [2.24, 2.45) is 0 Å². The van der Waals surface area contributed by atoms with E-state index in [0.29, 0.717) is 28.2 Å². The minimum atomic E-state index is -0.313. The second-order valence-corrected chi connectivity index (χ2v) is 7.35. The van der Waals surface area contributed by atoms with E-state index < -0.39 is 0 Å². The molecule has 140 valence electrons. The molecule has 1 aliphatic rings. The van der Waals surface area contributed by atoms with Crippen LogP contribution in [0.15, 0.2) is 70.9 Å². The third-order valence-corrected chi connectivity index (χ3v) is 5.07. The molecule has 0 atom stereocenters. The number of carbonyl (C=O) groups excluding carboxylic acids is 1.